The summed E-state index contributed by atoms with van der Waals surface area (Å²) >= 11 is 0. The predicted molar refractivity (Wildman–Crippen MR) is 51.0 cm³/mol. The van der Waals surface area contributed by atoms with E-state index in [9.17, 15) is 4.79 Å². The maximum Gasteiger partial charge on any atom is 0.273 e. The number of hydrogen-bond donors (Lipinski definition) is 1. The molecule has 0 bridgehead atoms. The third-order valence-corrected chi connectivity index (χ3v) is 2.15. The Morgan fingerprint density at radius 1 is 1.79 bits per heavy atom. The van der Waals surface area contributed by atoms with E-state index in [0.29, 0.717) is 18.2 Å². The molecule has 1 heterocycles. The van der Waals surface area contributed by atoms with Crippen LogP contribution >= 0.6 is 0 Å². The third-order valence-electron chi connectivity index (χ3n) is 2.15. The summed E-state index contributed by atoms with van der Waals surface area (Å²) in [6.45, 7) is 3.96. The second-order valence-electron chi connectivity index (χ2n) is 3.39. The van der Waals surface area contributed by atoms with Gasteiger partial charge in [-0.3, -0.25) is 4.79 Å². The van der Waals surface area contributed by atoms with Crippen molar-refractivity contribution in [3.8, 4) is 0 Å². The third kappa shape index (κ3) is 1.84. The minimum absolute atomic E-state index is 0.208. The number of nitrogens with zero attached hydrogens (tertiary/aromatic N) is 1. The summed E-state index contributed by atoms with van der Waals surface area (Å²) in [4.78, 5) is 11.4. The highest BCUT2D eigenvalue weighted by Gasteiger charge is 2.28. The van der Waals surface area contributed by atoms with E-state index in [-0.39, 0.29) is 5.91 Å². The molecule has 14 heavy (non-hydrogen) atoms. The van der Waals surface area contributed by atoms with E-state index in [1.165, 1.54) is 0 Å². The first kappa shape index (κ1) is 8.99. The molecule has 0 unspecified atom stereocenters. The van der Waals surface area contributed by atoms with Crippen molar-refractivity contribution in [2.24, 2.45) is 0 Å². The fraction of sp³-hybridized carbons (Fsp3) is 0.400. The molecule has 0 aromatic carbocycles. The second kappa shape index (κ2) is 3.65. The van der Waals surface area contributed by atoms with Gasteiger partial charge in [0.05, 0.1) is 0 Å². The first-order valence-electron chi connectivity index (χ1n) is 4.67. The lowest BCUT2D eigenvalue weighted by Crippen LogP contribution is -2.23. The number of carbonyl (C=O) groups is 1. The van der Waals surface area contributed by atoms with Gasteiger partial charge in [-0.1, -0.05) is 11.2 Å². The summed E-state index contributed by atoms with van der Waals surface area (Å²) < 4.78 is 5.05. The number of amides is 1. The summed E-state index contributed by atoms with van der Waals surface area (Å²) in [5.74, 6) is 1.11. The second-order valence-corrected chi connectivity index (χ2v) is 3.39. The van der Waals surface area contributed by atoms with Gasteiger partial charge in [0, 0.05) is 18.5 Å². The minimum atomic E-state index is -0.208. The van der Waals surface area contributed by atoms with Gasteiger partial charge in [-0.05, 0) is 12.8 Å². The van der Waals surface area contributed by atoms with Crippen LogP contribution in [0.1, 0.15) is 35.0 Å². The Morgan fingerprint density at radius 2 is 2.57 bits per heavy atom. The predicted octanol–water partition coefficient (Wildman–Crippen LogP) is 1.47. The molecule has 1 aliphatic carbocycles. The van der Waals surface area contributed by atoms with Gasteiger partial charge in [-0.2, -0.15) is 0 Å². The molecule has 1 fully saturated rings. The van der Waals surface area contributed by atoms with Crippen LogP contribution in [0.25, 0.3) is 0 Å². The maximum atomic E-state index is 11.4. The van der Waals surface area contributed by atoms with Crippen LogP contribution in [0.4, 0.5) is 0 Å². The highest BCUT2D eigenvalue weighted by molar-refractivity contribution is 5.92. The molecule has 0 aliphatic heterocycles. The van der Waals surface area contributed by atoms with Gasteiger partial charge in [-0.15, -0.1) is 6.58 Å². The van der Waals surface area contributed by atoms with Crippen molar-refractivity contribution in [1.82, 2.24) is 10.5 Å². The van der Waals surface area contributed by atoms with Crippen LogP contribution in [-0.4, -0.2) is 17.6 Å². The smallest absolute Gasteiger partial charge is 0.273 e. The van der Waals surface area contributed by atoms with Crippen LogP contribution < -0.4 is 5.32 Å². The van der Waals surface area contributed by atoms with E-state index in [1.54, 1.807) is 12.1 Å². The highest BCUT2D eigenvalue weighted by atomic mass is 16.5. The van der Waals surface area contributed by atoms with Crippen molar-refractivity contribution in [2.45, 2.75) is 18.8 Å². The monoisotopic (exact) mass is 192 g/mol. The summed E-state index contributed by atoms with van der Waals surface area (Å²) in [7, 11) is 0. The maximum absolute atomic E-state index is 11.4. The minimum Gasteiger partial charge on any atom is -0.360 e. The highest BCUT2D eigenvalue weighted by Crippen LogP contribution is 2.40. The molecular formula is C10H12N2O2. The summed E-state index contributed by atoms with van der Waals surface area (Å²) in [5.41, 5.74) is 0.355. The lowest BCUT2D eigenvalue weighted by atomic mass is 10.3. The van der Waals surface area contributed by atoms with Crippen LogP contribution in [0.3, 0.4) is 0 Å². The average molecular weight is 192 g/mol. The Labute approximate surface area is 82.0 Å². The van der Waals surface area contributed by atoms with Crippen molar-refractivity contribution >= 4 is 5.91 Å². The van der Waals surface area contributed by atoms with Crippen molar-refractivity contribution in [3.63, 3.8) is 0 Å². The largest absolute Gasteiger partial charge is 0.360 e. The van der Waals surface area contributed by atoms with Gasteiger partial charge in [0.1, 0.15) is 5.76 Å². The SMILES string of the molecule is C=CCNC(=O)c1cc(C2CC2)on1. The van der Waals surface area contributed by atoms with Gasteiger partial charge >= 0.3 is 0 Å². The summed E-state index contributed by atoms with van der Waals surface area (Å²) in [6, 6.07) is 1.72. The lowest BCUT2D eigenvalue weighted by molar-refractivity contribution is 0.0949. The Morgan fingerprint density at radius 3 is 3.21 bits per heavy atom. The quantitative estimate of drug-likeness (QED) is 0.735. The van der Waals surface area contributed by atoms with E-state index in [0.717, 1.165) is 18.6 Å². The topological polar surface area (TPSA) is 55.1 Å². The first-order chi connectivity index (χ1) is 6.81. The van der Waals surface area contributed by atoms with E-state index in [2.05, 4.69) is 17.1 Å². The van der Waals surface area contributed by atoms with E-state index >= 15 is 0 Å². The standard InChI is InChI=1S/C10H12N2O2/c1-2-5-11-10(13)8-6-9(14-12-8)7-3-4-7/h2,6-7H,1,3-5H2,(H,11,13). The van der Waals surface area contributed by atoms with Crippen LogP contribution in [0.2, 0.25) is 0 Å². The Bertz CT molecular complexity index is 353. The molecule has 0 spiro atoms. The Hall–Kier alpha value is -1.58. The van der Waals surface area contributed by atoms with Crippen molar-refractivity contribution in [2.75, 3.05) is 6.54 Å². The van der Waals surface area contributed by atoms with Crippen molar-refractivity contribution < 1.29 is 9.32 Å². The zero-order valence-electron chi connectivity index (χ0n) is 7.82. The normalized spacial score (nSPS) is 15.1. The summed E-state index contributed by atoms with van der Waals surface area (Å²) in [5, 5.41) is 6.35. The molecule has 1 aliphatic rings. The molecule has 4 heteroatoms. The fourth-order valence-electron chi connectivity index (χ4n) is 1.21. The number of carbonyl (C=O) groups excluding carboxylic acids is 1. The molecule has 1 amide bonds. The molecule has 0 atom stereocenters. The van der Waals surface area contributed by atoms with Crippen LogP contribution in [0.5, 0.6) is 0 Å². The van der Waals surface area contributed by atoms with Crippen LogP contribution in [0.15, 0.2) is 23.2 Å². The van der Waals surface area contributed by atoms with Crippen LogP contribution in [0, 0.1) is 0 Å². The van der Waals surface area contributed by atoms with E-state index in [1.807, 2.05) is 0 Å². The van der Waals surface area contributed by atoms with Gasteiger partial charge < -0.3 is 9.84 Å². The fourth-order valence-corrected chi connectivity index (χ4v) is 1.21. The van der Waals surface area contributed by atoms with Crippen molar-refractivity contribution in [3.05, 3.63) is 30.2 Å². The molecule has 2 rings (SSSR count). The molecule has 1 N–H and O–H groups in total. The molecule has 1 aromatic heterocycles. The first-order valence-corrected chi connectivity index (χ1v) is 4.67. The Balaban J connectivity index is 2.00. The van der Waals surface area contributed by atoms with Gasteiger partial charge in [0.15, 0.2) is 5.69 Å². The van der Waals surface area contributed by atoms with Gasteiger partial charge in [-0.25, -0.2) is 0 Å². The molecule has 0 saturated heterocycles. The molecule has 4 nitrogen and oxygen atoms in total. The van der Waals surface area contributed by atoms with Crippen molar-refractivity contribution in [1.29, 1.82) is 0 Å². The molecule has 0 radical (unpaired) electrons. The lowest BCUT2D eigenvalue weighted by Gasteiger charge is -1.95. The molecular weight excluding hydrogens is 180 g/mol. The van der Waals surface area contributed by atoms with E-state index in [4.69, 9.17) is 4.52 Å². The van der Waals surface area contributed by atoms with E-state index < -0.39 is 0 Å². The zero-order valence-corrected chi connectivity index (χ0v) is 7.82. The average Bonchev–Trinajstić information content (AvgIpc) is 2.93. The molecule has 74 valence electrons. The van der Waals surface area contributed by atoms with Gasteiger partial charge in [0.2, 0.25) is 0 Å². The Kier molecular flexibility index (Phi) is 2.35. The molecule has 1 saturated carbocycles. The van der Waals surface area contributed by atoms with Crippen LogP contribution in [-0.2, 0) is 0 Å². The number of aromatic nitrogens is 1. The number of nitrogens with one attached hydrogen (secondary N) is 1. The zero-order chi connectivity index (χ0) is 9.97. The number of rotatable bonds is 4. The number of hydrogen-bond acceptors (Lipinski definition) is 3. The van der Waals surface area contributed by atoms with Gasteiger partial charge in [0.25, 0.3) is 5.91 Å². The summed E-state index contributed by atoms with van der Waals surface area (Å²) in [6.07, 6.45) is 3.91. The molecule has 1 aromatic rings.